The first-order valence-corrected chi connectivity index (χ1v) is 8.81. The largest absolute Gasteiger partial charge is 0.497 e. The molecule has 0 spiro atoms. The van der Waals surface area contributed by atoms with Crippen molar-refractivity contribution >= 4 is 32.8 Å². The van der Waals surface area contributed by atoms with E-state index in [-0.39, 0.29) is 23.0 Å². The highest BCUT2D eigenvalue weighted by atomic mass is 79.9. The minimum Gasteiger partial charge on any atom is -0.497 e. The van der Waals surface area contributed by atoms with E-state index in [1.54, 1.807) is 31.4 Å². The Labute approximate surface area is 152 Å². The predicted molar refractivity (Wildman–Crippen MR) is 97.2 cm³/mol. The molecule has 0 saturated carbocycles. The molecule has 0 fully saturated rings. The van der Waals surface area contributed by atoms with Crippen LogP contribution in [0.25, 0.3) is 0 Å². The summed E-state index contributed by atoms with van der Waals surface area (Å²) in [5.41, 5.74) is 0.790. The average Bonchev–Trinajstić information content (AvgIpc) is 2.55. The van der Waals surface area contributed by atoms with Crippen LogP contribution >= 0.6 is 27.7 Å². The summed E-state index contributed by atoms with van der Waals surface area (Å²) in [5, 5.41) is 10.8. The van der Waals surface area contributed by atoms with E-state index in [1.165, 1.54) is 0 Å². The number of carbonyl (C=O) groups excluding carboxylic acids is 1. The number of nitro groups is 1. The highest BCUT2D eigenvalue weighted by Gasteiger charge is 2.22. The molecular formula is C17H16BrNO4S. The fourth-order valence-electron chi connectivity index (χ4n) is 2.22. The molecule has 126 valence electrons. The fourth-order valence-corrected chi connectivity index (χ4v) is 3.30. The van der Waals surface area contributed by atoms with Crippen LogP contribution in [-0.2, 0) is 4.79 Å². The smallest absolute Gasteiger partial charge is 0.211 e. The maximum absolute atomic E-state index is 12.3. The minimum atomic E-state index is -0.439. The van der Waals surface area contributed by atoms with Crippen LogP contribution < -0.4 is 4.74 Å². The molecule has 0 aromatic heterocycles. The molecule has 24 heavy (non-hydrogen) atoms. The van der Waals surface area contributed by atoms with Crippen LogP contribution in [0.2, 0.25) is 0 Å². The van der Waals surface area contributed by atoms with Crippen LogP contribution in [0.5, 0.6) is 5.75 Å². The fraction of sp³-hybridized carbons (Fsp3) is 0.235. The van der Waals surface area contributed by atoms with Crippen molar-refractivity contribution in [2.45, 2.75) is 17.2 Å². The lowest BCUT2D eigenvalue weighted by molar-refractivity contribution is -0.483. The molecule has 0 radical (unpaired) electrons. The second-order valence-electron chi connectivity index (χ2n) is 5.12. The maximum Gasteiger partial charge on any atom is 0.211 e. The Kier molecular flexibility index (Phi) is 6.81. The van der Waals surface area contributed by atoms with Crippen molar-refractivity contribution in [1.82, 2.24) is 0 Å². The Morgan fingerprint density at radius 3 is 2.38 bits per heavy atom. The summed E-state index contributed by atoms with van der Waals surface area (Å²) in [5.74, 6) is 0.277. The minimum absolute atomic E-state index is 0.102. The molecule has 0 amide bonds. The van der Waals surface area contributed by atoms with Crippen LogP contribution in [0, 0.1) is 10.1 Å². The predicted octanol–water partition coefficient (Wildman–Crippen LogP) is 4.53. The molecule has 0 saturated heterocycles. The summed E-state index contributed by atoms with van der Waals surface area (Å²) < 4.78 is 5.97. The summed E-state index contributed by atoms with van der Waals surface area (Å²) in [6.07, 6.45) is 0.110. The first-order valence-electron chi connectivity index (χ1n) is 7.20. The molecule has 0 heterocycles. The number of ether oxygens (including phenoxy) is 1. The Morgan fingerprint density at radius 1 is 1.21 bits per heavy atom. The van der Waals surface area contributed by atoms with Gasteiger partial charge >= 0.3 is 0 Å². The van der Waals surface area contributed by atoms with Gasteiger partial charge in [-0.1, -0.05) is 39.8 Å². The molecule has 0 N–H and O–H groups in total. The van der Waals surface area contributed by atoms with Gasteiger partial charge in [-0.25, -0.2) is 0 Å². The van der Waals surface area contributed by atoms with Gasteiger partial charge in [0.1, 0.15) is 5.75 Å². The van der Waals surface area contributed by atoms with Gasteiger partial charge in [0.15, 0.2) is 5.12 Å². The van der Waals surface area contributed by atoms with E-state index < -0.39 is 5.92 Å². The third-order valence-corrected chi connectivity index (χ3v) is 4.85. The van der Waals surface area contributed by atoms with Gasteiger partial charge in [-0.2, -0.15) is 0 Å². The first kappa shape index (κ1) is 18.5. The molecule has 2 aromatic rings. The third-order valence-electron chi connectivity index (χ3n) is 3.42. The molecule has 7 heteroatoms. The van der Waals surface area contributed by atoms with Crippen molar-refractivity contribution in [2.24, 2.45) is 0 Å². The molecule has 0 bridgehead atoms. The second-order valence-corrected chi connectivity index (χ2v) is 7.16. The van der Waals surface area contributed by atoms with E-state index in [2.05, 4.69) is 15.9 Å². The van der Waals surface area contributed by atoms with Gasteiger partial charge in [-0.15, -0.1) is 0 Å². The van der Waals surface area contributed by atoms with Crippen molar-refractivity contribution in [3.8, 4) is 5.75 Å². The molecule has 0 aliphatic rings. The number of halogens is 1. The van der Waals surface area contributed by atoms with E-state index in [0.717, 1.165) is 26.7 Å². The standard InChI is InChI=1S/C17H16BrNO4S/c1-23-15-6-8-16(9-7-15)24-17(20)10-13(11-19(21)22)12-2-4-14(18)5-3-12/h2-9,13H,10-11H2,1H3/t13-/m0/s1. The summed E-state index contributed by atoms with van der Waals surface area (Å²) in [6, 6.07) is 14.4. The van der Waals surface area contributed by atoms with Gasteiger partial charge in [0.05, 0.1) is 13.0 Å². The normalized spacial score (nSPS) is 11.8. The molecule has 2 aromatic carbocycles. The zero-order chi connectivity index (χ0) is 17.5. The van der Waals surface area contributed by atoms with Crippen molar-refractivity contribution in [3.63, 3.8) is 0 Å². The third kappa shape index (κ3) is 5.65. The highest BCUT2D eigenvalue weighted by molar-refractivity contribution is 9.10. The Morgan fingerprint density at radius 2 is 1.83 bits per heavy atom. The number of hydrogen-bond acceptors (Lipinski definition) is 5. The first-order chi connectivity index (χ1) is 11.5. The Bertz CT molecular complexity index is 704. The van der Waals surface area contributed by atoms with Gasteiger partial charge in [-0.3, -0.25) is 14.9 Å². The second kappa shape index (κ2) is 8.84. The van der Waals surface area contributed by atoms with Crippen molar-refractivity contribution < 1.29 is 14.5 Å². The van der Waals surface area contributed by atoms with Crippen LogP contribution in [-0.4, -0.2) is 23.7 Å². The van der Waals surface area contributed by atoms with Gasteiger partial charge in [0.25, 0.3) is 0 Å². The number of thioether (sulfide) groups is 1. The van der Waals surface area contributed by atoms with Gasteiger partial charge in [-0.05, 0) is 42.0 Å². The monoisotopic (exact) mass is 409 g/mol. The van der Waals surface area contributed by atoms with Crippen molar-refractivity contribution in [1.29, 1.82) is 0 Å². The van der Waals surface area contributed by atoms with Gasteiger partial charge in [0.2, 0.25) is 6.54 Å². The number of benzene rings is 2. The number of rotatable bonds is 7. The van der Waals surface area contributed by atoms with Gasteiger partial charge < -0.3 is 4.74 Å². The maximum atomic E-state index is 12.3. The highest BCUT2D eigenvalue weighted by Crippen LogP contribution is 2.28. The topological polar surface area (TPSA) is 69.4 Å². The molecule has 1 atom stereocenters. The van der Waals surface area contributed by atoms with Crippen molar-refractivity contribution in [2.75, 3.05) is 13.7 Å². The van der Waals surface area contributed by atoms with Crippen LogP contribution in [0.1, 0.15) is 17.9 Å². The van der Waals surface area contributed by atoms with E-state index in [0.29, 0.717) is 5.75 Å². The molecule has 0 aliphatic heterocycles. The number of methoxy groups -OCH3 is 1. The van der Waals surface area contributed by atoms with Crippen LogP contribution in [0.3, 0.4) is 0 Å². The zero-order valence-corrected chi connectivity index (χ0v) is 15.4. The van der Waals surface area contributed by atoms with E-state index >= 15 is 0 Å². The summed E-state index contributed by atoms with van der Waals surface area (Å²) >= 11 is 4.43. The summed E-state index contributed by atoms with van der Waals surface area (Å²) in [7, 11) is 1.58. The lowest BCUT2D eigenvalue weighted by Crippen LogP contribution is -2.15. The lowest BCUT2D eigenvalue weighted by atomic mass is 9.96. The van der Waals surface area contributed by atoms with E-state index in [1.807, 2.05) is 24.3 Å². The van der Waals surface area contributed by atoms with Crippen LogP contribution in [0.15, 0.2) is 57.9 Å². The quantitative estimate of drug-likeness (QED) is 0.381. The molecular weight excluding hydrogens is 394 g/mol. The Balaban J connectivity index is 2.05. The SMILES string of the molecule is COc1ccc(SC(=O)C[C@@H](C[N+](=O)[O-])c2ccc(Br)cc2)cc1. The van der Waals surface area contributed by atoms with E-state index in [9.17, 15) is 14.9 Å². The molecule has 2 rings (SSSR count). The summed E-state index contributed by atoms with van der Waals surface area (Å²) in [4.78, 5) is 23.6. The Hall–Kier alpha value is -1.86. The molecule has 5 nitrogen and oxygen atoms in total. The molecule has 0 unspecified atom stereocenters. The van der Waals surface area contributed by atoms with Gasteiger partial charge in [0, 0.05) is 20.7 Å². The average molecular weight is 410 g/mol. The number of nitrogens with zero attached hydrogens (tertiary/aromatic N) is 1. The van der Waals surface area contributed by atoms with Crippen molar-refractivity contribution in [3.05, 3.63) is 68.7 Å². The zero-order valence-electron chi connectivity index (χ0n) is 13.0. The number of carbonyl (C=O) groups is 1. The lowest BCUT2D eigenvalue weighted by Gasteiger charge is -2.12. The molecule has 0 aliphatic carbocycles. The summed E-state index contributed by atoms with van der Waals surface area (Å²) in [6.45, 7) is -0.267. The number of hydrogen-bond donors (Lipinski definition) is 0. The van der Waals surface area contributed by atoms with E-state index in [4.69, 9.17) is 4.74 Å². The van der Waals surface area contributed by atoms with Crippen LogP contribution in [0.4, 0.5) is 0 Å².